The van der Waals surface area contributed by atoms with Gasteiger partial charge in [-0.2, -0.15) is 0 Å². The molecule has 2 aromatic rings. The molecule has 0 saturated heterocycles. The molecule has 1 aromatic carbocycles. The lowest BCUT2D eigenvalue weighted by Gasteiger charge is -2.21. The fourth-order valence-corrected chi connectivity index (χ4v) is 3.16. The Balaban J connectivity index is 2.25. The summed E-state index contributed by atoms with van der Waals surface area (Å²) in [5.74, 6) is -0.0588. The number of nitrogens with zero attached hydrogens (tertiary/aromatic N) is 4. The van der Waals surface area contributed by atoms with Crippen LogP contribution < -0.4 is 4.90 Å². The molecular weight excluding hydrogens is 509 g/mol. The van der Waals surface area contributed by atoms with Crippen LogP contribution in [0.15, 0.2) is 30.4 Å². The molecule has 10 heteroatoms. The van der Waals surface area contributed by atoms with Crippen molar-refractivity contribution in [2.24, 2.45) is 0 Å². The molecular formula is C20H20Cl6N4. The minimum absolute atomic E-state index is 0.129. The van der Waals surface area contributed by atoms with Crippen LogP contribution in [0, 0.1) is 6.92 Å². The van der Waals surface area contributed by atoms with Crippen LogP contribution in [0.2, 0.25) is 0 Å². The predicted molar refractivity (Wildman–Crippen MR) is 131 cm³/mol. The fourth-order valence-electron chi connectivity index (χ4n) is 2.65. The van der Waals surface area contributed by atoms with E-state index in [9.17, 15) is 0 Å². The third-order valence-corrected chi connectivity index (χ3v) is 5.19. The molecule has 0 aliphatic carbocycles. The Kier molecular flexibility index (Phi) is 9.11. The van der Waals surface area contributed by atoms with Crippen molar-refractivity contribution >= 4 is 87.4 Å². The Morgan fingerprint density at radius 3 is 1.83 bits per heavy atom. The summed E-state index contributed by atoms with van der Waals surface area (Å²) in [5, 5.41) is 0. The monoisotopic (exact) mass is 526 g/mol. The molecule has 30 heavy (non-hydrogen) atoms. The highest BCUT2D eigenvalue weighted by atomic mass is 35.6. The second kappa shape index (κ2) is 10.7. The van der Waals surface area contributed by atoms with Crippen molar-refractivity contribution in [3.05, 3.63) is 59.0 Å². The molecule has 0 fully saturated rings. The Morgan fingerprint density at radius 1 is 0.833 bits per heavy atom. The Bertz CT molecular complexity index is 896. The quantitative estimate of drug-likeness (QED) is 0.289. The highest BCUT2D eigenvalue weighted by Crippen LogP contribution is 2.39. The molecule has 2 rings (SSSR count). The van der Waals surface area contributed by atoms with Gasteiger partial charge in [0, 0.05) is 18.8 Å². The highest BCUT2D eigenvalue weighted by Gasteiger charge is 2.33. The van der Waals surface area contributed by atoms with Crippen molar-refractivity contribution in [1.29, 1.82) is 0 Å². The number of anilines is 1. The number of hydrogen-bond acceptors (Lipinski definition) is 4. The van der Waals surface area contributed by atoms with E-state index in [1.54, 1.807) is 12.2 Å². The molecule has 0 amide bonds. The maximum atomic E-state index is 5.87. The van der Waals surface area contributed by atoms with Crippen molar-refractivity contribution in [3.8, 4) is 0 Å². The second-order valence-corrected chi connectivity index (χ2v) is 10.8. The van der Waals surface area contributed by atoms with Crippen LogP contribution >= 0.6 is 69.6 Å². The predicted octanol–water partition coefficient (Wildman–Crippen LogP) is 7.41. The lowest BCUT2D eigenvalue weighted by molar-refractivity contribution is 0.835. The molecule has 0 aliphatic rings. The van der Waals surface area contributed by atoms with Gasteiger partial charge in [0.1, 0.15) is 0 Å². The maximum Gasteiger partial charge on any atom is 0.250 e. The van der Waals surface area contributed by atoms with E-state index in [1.165, 1.54) is 11.3 Å². The van der Waals surface area contributed by atoms with E-state index >= 15 is 0 Å². The number of allylic oxidation sites excluding steroid dienone is 2. The lowest BCUT2D eigenvalue weighted by Crippen LogP contribution is -2.21. The fraction of sp³-hybridized carbons (Fsp3) is 0.350. The average Bonchev–Trinajstić information content (AvgIpc) is 2.66. The van der Waals surface area contributed by atoms with Gasteiger partial charge >= 0.3 is 0 Å². The second-order valence-electron chi connectivity index (χ2n) is 6.27. The average molecular weight is 529 g/mol. The van der Waals surface area contributed by atoms with E-state index in [-0.39, 0.29) is 17.5 Å². The molecule has 1 aromatic heterocycles. The van der Waals surface area contributed by atoms with Gasteiger partial charge in [-0.15, -0.1) is 0 Å². The normalized spacial score (nSPS) is 12.8. The van der Waals surface area contributed by atoms with Gasteiger partial charge in [-0.1, -0.05) is 93.9 Å². The van der Waals surface area contributed by atoms with Crippen LogP contribution in [0.4, 0.5) is 5.69 Å². The van der Waals surface area contributed by atoms with Crippen molar-refractivity contribution in [3.63, 3.8) is 0 Å². The molecule has 0 aliphatic heterocycles. The number of hydrogen-bond donors (Lipinski definition) is 0. The molecule has 0 N–H and O–H groups in total. The van der Waals surface area contributed by atoms with Crippen molar-refractivity contribution in [2.45, 2.75) is 28.4 Å². The highest BCUT2D eigenvalue weighted by molar-refractivity contribution is 6.67. The Morgan fingerprint density at radius 2 is 1.37 bits per heavy atom. The van der Waals surface area contributed by atoms with Crippen molar-refractivity contribution in [1.82, 2.24) is 15.0 Å². The first-order chi connectivity index (χ1) is 14.0. The van der Waals surface area contributed by atoms with Crippen LogP contribution in [0.3, 0.4) is 0 Å². The molecule has 0 unspecified atom stereocenters. The summed E-state index contributed by atoms with van der Waals surface area (Å²) >= 11 is 35.2. The standard InChI is InChI=1S/C20H20Cl6N4/c1-4-30(5-2)15-11-10-14(13(3)12-15)8-6-7-9-16-27-17(19(21,22)23)29-18(28-16)20(24,25)26/h6-12H,4-5H2,1-3H3. The molecule has 0 atom stereocenters. The van der Waals surface area contributed by atoms with Crippen LogP contribution in [0.1, 0.15) is 42.4 Å². The smallest absolute Gasteiger partial charge is 0.250 e. The number of aromatic nitrogens is 3. The van der Waals surface area contributed by atoms with Crippen LogP contribution in [-0.2, 0) is 7.59 Å². The molecule has 0 spiro atoms. The zero-order valence-electron chi connectivity index (χ0n) is 16.5. The van der Waals surface area contributed by atoms with Crippen LogP contribution in [0.5, 0.6) is 0 Å². The zero-order valence-corrected chi connectivity index (χ0v) is 21.0. The van der Waals surface area contributed by atoms with Gasteiger partial charge in [-0.25, -0.2) is 15.0 Å². The first kappa shape index (κ1) is 25.5. The topological polar surface area (TPSA) is 41.9 Å². The molecule has 4 nitrogen and oxygen atoms in total. The number of rotatable bonds is 6. The summed E-state index contributed by atoms with van der Waals surface area (Å²) in [5.41, 5.74) is 3.46. The van der Waals surface area contributed by atoms with Gasteiger partial charge in [-0.3, -0.25) is 0 Å². The number of benzene rings is 1. The van der Waals surface area contributed by atoms with Crippen molar-refractivity contribution < 1.29 is 0 Å². The van der Waals surface area contributed by atoms with E-state index in [4.69, 9.17) is 69.6 Å². The largest absolute Gasteiger partial charge is 0.372 e. The summed E-state index contributed by atoms with van der Waals surface area (Å²) in [6, 6.07) is 6.36. The van der Waals surface area contributed by atoms with E-state index in [2.05, 4.69) is 58.8 Å². The SMILES string of the molecule is CCN(CC)c1ccc(C=CC=Cc2nc(C(Cl)(Cl)Cl)nc(C(Cl)(Cl)Cl)n2)c(C)c1. The molecule has 162 valence electrons. The van der Waals surface area contributed by atoms with E-state index < -0.39 is 7.59 Å². The third-order valence-electron chi connectivity index (χ3n) is 4.17. The first-order valence-electron chi connectivity index (χ1n) is 9.06. The molecule has 0 saturated carbocycles. The maximum absolute atomic E-state index is 5.87. The van der Waals surface area contributed by atoms with Crippen molar-refractivity contribution in [2.75, 3.05) is 18.0 Å². The zero-order chi connectivity index (χ0) is 22.5. The number of aryl methyl sites for hydroxylation is 1. The lowest BCUT2D eigenvalue weighted by atomic mass is 10.1. The number of alkyl halides is 6. The first-order valence-corrected chi connectivity index (χ1v) is 11.3. The summed E-state index contributed by atoms with van der Waals surface area (Å²) in [4.78, 5) is 14.4. The summed E-state index contributed by atoms with van der Waals surface area (Å²) in [7, 11) is 0. The van der Waals surface area contributed by atoms with E-state index in [0.29, 0.717) is 0 Å². The summed E-state index contributed by atoms with van der Waals surface area (Å²) in [6.45, 7) is 8.28. The van der Waals surface area contributed by atoms with Gasteiger partial charge < -0.3 is 4.90 Å². The Labute approximate surface area is 206 Å². The molecule has 1 heterocycles. The van der Waals surface area contributed by atoms with Crippen LogP contribution in [-0.4, -0.2) is 28.0 Å². The van der Waals surface area contributed by atoms with E-state index in [0.717, 1.165) is 18.7 Å². The molecule has 0 bridgehead atoms. The number of halogens is 6. The Hall–Kier alpha value is -0.750. The van der Waals surface area contributed by atoms with Gasteiger partial charge in [-0.05, 0) is 50.1 Å². The minimum atomic E-state index is -1.88. The third kappa shape index (κ3) is 7.15. The summed E-state index contributed by atoms with van der Waals surface area (Å²) in [6.07, 6.45) is 7.19. The van der Waals surface area contributed by atoms with E-state index in [1.807, 2.05) is 12.2 Å². The van der Waals surface area contributed by atoms with Gasteiger partial charge in [0.05, 0.1) is 0 Å². The summed E-state index contributed by atoms with van der Waals surface area (Å²) < 4.78 is -3.76. The van der Waals surface area contributed by atoms with Gasteiger partial charge in [0.25, 0.3) is 0 Å². The van der Waals surface area contributed by atoms with Gasteiger partial charge in [0.2, 0.25) is 7.59 Å². The van der Waals surface area contributed by atoms with Crippen LogP contribution in [0.25, 0.3) is 12.2 Å². The molecule has 0 radical (unpaired) electrons. The van der Waals surface area contributed by atoms with Gasteiger partial charge in [0.15, 0.2) is 17.5 Å². The minimum Gasteiger partial charge on any atom is -0.372 e.